The zero-order valence-corrected chi connectivity index (χ0v) is 12.5. The molecule has 0 aliphatic rings. The van der Waals surface area contributed by atoms with E-state index in [1.165, 1.54) is 13.5 Å². The second-order valence-corrected chi connectivity index (χ2v) is 5.22. The van der Waals surface area contributed by atoms with Crippen LogP contribution >= 0.6 is 0 Å². The number of carbonyl (C=O) groups is 1. The molecular formula is C15H26O4. The van der Waals surface area contributed by atoms with Crippen LogP contribution < -0.4 is 0 Å². The van der Waals surface area contributed by atoms with Crippen molar-refractivity contribution in [2.24, 2.45) is 0 Å². The van der Waals surface area contributed by atoms with Crippen LogP contribution in [0.2, 0.25) is 0 Å². The predicted molar refractivity (Wildman–Crippen MR) is 74.7 cm³/mol. The summed E-state index contributed by atoms with van der Waals surface area (Å²) in [5, 5.41) is 9.57. The highest BCUT2D eigenvalue weighted by molar-refractivity contribution is 5.60. The fourth-order valence-electron chi connectivity index (χ4n) is 1.46. The highest BCUT2D eigenvalue weighted by atomic mass is 16.7. The Balaban J connectivity index is 4.28. The normalized spacial score (nSPS) is 12.3. The molecule has 0 heterocycles. The Bertz CT molecular complexity index is 306. The molecule has 0 fully saturated rings. The van der Waals surface area contributed by atoms with Gasteiger partial charge < -0.3 is 14.6 Å². The lowest BCUT2D eigenvalue weighted by atomic mass is 10.1. The number of methoxy groups -OCH3 is 1. The van der Waals surface area contributed by atoms with E-state index in [-0.39, 0.29) is 0 Å². The van der Waals surface area contributed by atoms with Gasteiger partial charge in [-0.3, -0.25) is 0 Å². The van der Waals surface area contributed by atoms with Crippen LogP contribution in [-0.4, -0.2) is 30.1 Å². The molecule has 4 heteroatoms. The minimum atomic E-state index is -0.828. The lowest BCUT2D eigenvalue weighted by Crippen LogP contribution is -2.19. The number of aliphatic hydroxyl groups is 1. The molecule has 0 aliphatic carbocycles. The molecule has 0 radical (unpaired) electrons. The first-order chi connectivity index (χ1) is 8.89. The van der Waals surface area contributed by atoms with E-state index in [0.717, 1.165) is 19.3 Å². The van der Waals surface area contributed by atoms with Crippen LogP contribution in [-0.2, 0) is 9.47 Å². The molecule has 0 aromatic rings. The van der Waals surface area contributed by atoms with E-state index < -0.39 is 17.9 Å². The smallest absolute Gasteiger partial charge is 0.438 e. The summed E-state index contributed by atoms with van der Waals surface area (Å²) in [6.45, 7) is 5.53. The molecule has 0 aromatic carbocycles. The number of hydrogen-bond acceptors (Lipinski definition) is 4. The van der Waals surface area contributed by atoms with Crippen molar-refractivity contribution in [3.05, 3.63) is 0 Å². The first-order valence-electron chi connectivity index (χ1n) is 6.84. The number of hydrogen-bond donors (Lipinski definition) is 1. The minimum absolute atomic E-state index is 0.350. The van der Waals surface area contributed by atoms with Gasteiger partial charge in [0.1, 0.15) is 0 Å². The highest BCUT2D eigenvalue weighted by Crippen LogP contribution is 2.10. The summed E-state index contributed by atoms with van der Waals surface area (Å²) >= 11 is 0. The van der Waals surface area contributed by atoms with E-state index in [4.69, 9.17) is 4.74 Å². The van der Waals surface area contributed by atoms with Crippen molar-refractivity contribution in [1.82, 2.24) is 0 Å². The zero-order chi connectivity index (χ0) is 14.7. The lowest BCUT2D eigenvalue weighted by Gasteiger charge is -2.13. The molecule has 0 amide bonds. The van der Waals surface area contributed by atoms with Crippen molar-refractivity contribution in [3.8, 4) is 11.8 Å². The third kappa shape index (κ3) is 11.6. The molecule has 0 saturated carbocycles. The quantitative estimate of drug-likeness (QED) is 0.438. The van der Waals surface area contributed by atoms with Crippen LogP contribution in [0.4, 0.5) is 4.79 Å². The number of unbranched alkanes of at least 4 members (excludes halogenated alkanes) is 3. The summed E-state index contributed by atoms with van der Waals surface area (Å²) in [6, 6.07) is 0. The molecule has 1 atom stereocenters. The zero-order valence-electron chi connectivity index (χ0n) is 12.5. The number of ether oxygens (including phenoxy) is 2. The van der Waals surface area contributed by atoms with E-state index >= 15 is 0 Å². The van der Waals surface area contributed by atoms with Gasteiger partial charge in [-0.25, -0.2) is 4.79 Å². The molecule has 0 aliphatic heterocycles. The summed E-state index contributed by atoms with van der Waals surface area (Å²) in [5.74, 6) is 5.75. The van der Waals surface area contributed by atoms with Crippen molar-refractivity contribution in [1.29, 1.82) is 0 Å². The van der Waals surface area contributed by atoms with Gasteiger partial charge in [0.2, 0.25) is 0 Å². The van der Waals surface area contributed by atoms with Crippen LogP contribution in [0.1, 0.15) is 59.3 Å². The van der Waals surface area contributed by atoms with E-state index in [9.17, 15) is 9.90 Å². The standard InChI is InChI=1S/C15H26O4/c1-5-6-7-8-10-13(19-14(16)18-4)11-9-12-15(2,3)17/h13,17H,5-8,10,12H2,1-4H3. The van der Waals surface area contributed by atoms with Crippen LogP contribution in [0, 0.1) is 11.8 Å². The van der Waals surface area contributed by atoms with Crippen molar-refractivity contribution in [2.75, 3.05) is 7.11 Å². The largest absolute Gasteiger partial charge is 0.509 e. The van der Waals surface area contributed by atoms with Gasteiger partial charge in [-0.1, -0.05) is 38.0 Å². The summed E-state index contributed by atoms with van der Waals surface area (Å²) in [4.78, 5) is 11.1. The molecule has 0 spiro atoms. The van der Waals surface area contributed by atoms with E-state index in [2.05, 4.69) is 23.5 Å². The monoisotopic (exact) mass is 270 g/mol. The minimum Gasteiger partial charge on any atom is -0.438 e. The maximum absolute atomic E-state index is 11.1. The summed E-state index contributed by atoms with van der Waals surface area (Å²) < 4.78 is 9.56. The Morgan fingerprint density at radius 1 is 1.32 bits per heavy atom. The summed E-state index contributed by atoms with van der Waals surface area (Å²) in [7, 11) is 1.28. The van der Waals surface area contributed by atoms with E-state index in [1.54, 1.807) is 13.8 Å². The summed E-state index contributed by atoms with van der Waals surface area (Å²) in [5.41, 5.74) is -0.828. The second kappa shape index (κ2) is 9.69. The first-order valence-corrected chi connectivity index (χ1v) is 6.84. The van der Waals surface area contributed by atoms with Crippen molar-refractivity contribution in [3.63, 3.8) is 0 Å². The van der Waals surface area contributed by atoms with Crippen molar-refractivity contribution < 1.29 is 19.4 Å². The Hall–Kier alpha value is -1.21. The first kappa shape index (κ1) is 17.8. The molecule has 0 aromatic heterocycles. The third-order valence-corrected chi connectivity index (χ3v) is 2.51. The predicted octanol–water partition coefficient (Wildman–Crippen LogP) is 3.27. The molecule has 0 rings (SSSR count). The Kier molecular flexibility index (Phi) is 9.07. The molecule has 0 bridgehead atoms. The Morgan fingerprint density at radius 2 is 2.00 bits per heavy atom. The van der Waals surface area contributed by atoms with Gasteiger partial charge in [-0.2, -0.15) is 0 Å². The van der Waals surface area contributed by atoms with Gasteiger partial charge >= 0.3 is 6.16 Å². The molecule has 1 N–H and O–H groups in total. The molecular weight excluding hydrogens is 244 g/mol. The van der Waals surface area contributed by atoms with Crippen molar-refractivity contribution in [2.45, 2.75) is 71.0 Å². The fourth-order valence-corrected chi connectivity index (χ4v) is 1.46. The fraction of sp³-hybridized carbons (Fsp3) is 0.800. The van der Waals surface area contributed by atoms with Crippen LogP contribution in [0.15, 0.2) is 0 Å². The maximum atomic E-state index is 11.1. The van der Waals surface area contributed by atoms with Gasteiger partial charge in [0, 0.05) is 6.42 Å². The lowest BCUT2D eigenvalue weighted by molar-refractivity contribution is 0.0520. The van der Waals surface area contributed by atoms with Crippen LogP contribution in [0.5, 0.6) is 0 Å². The van der Waals surface area contributed by atoms with Crippen LogP contribution in [0.25, 0.3) is 0 Å². The topological polar surface area (TPSA) is 55.8 Å². The molecule has 0 saturated heterocycles. The van der Waals surface area contributed by atoms with Gasteiger partial charge in [0.15, 0.2) is 6.10 Å². The van der Waals surface area contributed by atoms with Gasteiger partial charge in [-0.15, -0.1) is 0 Å². The van der Waals surface area contributed by atoms with E-state index in [1.807, 2.05) is 0 Å². The Labute approximate surface area is 116 Å². The van der Waals surface area contributed by atoms with Crippen molar-refractivity contribution >= 4 is 6.16 Å². The number of rotatable bonds is 7. The SMILES string of the molecule is CCCCCCC(C#CCC(C)(C)O)OC(=O)OC. The molecule has 1 unspecified atom stereocenters. The van der Waals surface area contributed by atoms with E-state index in [0.29, 0.717) is 12.8 Å². The third-order valence-electron chi connectivity index (χ3n) is 2.51. The van der Waals surface area contributed by atoms with Gasteiger partial charge in [0.25, 0.3) is 0 Å². The molecule has 19 heavy (non-hydrogen) atoms. The van der Waals surface area contributed by atoms with Crippen LogP contribution in [0.3, 0.4) is 0 Å². The van der Waals surface area contributed by atoms with Gasteiger partial charge in [0.05, 0.1) is 12.7 Å². The second-order valence-electron chi connectivity index (χ2n) is 5.22. The molecule has 110 valence electrons. The van der Waals surface area contributed by atoms with Gasteiger partial charge in [-0.05, 0) is 26.7 Å². The molecule has 4 nitrogen and oxygen atoms in total. The average Bonchev–Trinajstić information content (AvgIpc) is 2.32. The number of carbonyl (C=O) groups excluding carboxylic acids is 1. The Morgan fingerprint density at radius 3 is 2.53 bits per heavy atom. The average molecular weight is 270 g/mol. The summed E-state index contributed by atoms with van der Waals surface area (Å²) in [6.07, 6.45) is 4.29. The maximum Gasteiger partial charge on any atom is 0.509 e. The highest BCUT2D eigenvalue weighted by Gasteiger charge is 2.13.